The number of alkyl halides is 6. The number of hydrogen-bond acceptors (Lipinski definition) is 3. The van der Waals surface area contributed by atoms with E-state index in [1.807, 2.05) is 0 Å². The molecule has 0 heterocycles. The van der Waals surface area contributed by atoms with E-state index in [4.69, 9.17) is 25.8 Å². The molecule has 0 aliphatic rings. The zero-order valence-electron chi connectivity index (χ0n) is 11.2. The second kappa shape index (κ2) is 6.13. The minimum absolute atomic E-state index is 0.159. The van der Waals surface area contributed by atoms with E-state index >= 15 is 0 Å². The van der Waals surface area contributed by atoms with E-state index in [0.29, 0.717) is 0 Å². The molecule has 120 valence electrons. The quantitative estimate of drug-likeness (QED) is 0.597. The van der Waals surface area contributed by atoms with Crippen LogP contribution in [-0.2, 0) is 0 Å². The molecule has 0 spiro atoms. The Morgan fingerprint density at radius 2 is 1.33 bits per heavy atom. The van der Waals surface area contributed by atoms with Crippen molar-refractivity contribution in [3.05, 3.63) is 17.7 Å². The van der Waals surface area contributed by atoms with Crippen LogP contribution in [0.2, 0.25) is 0 Å². The standard InChI is InChI=1S/C12H12ClF5O3/c1-19-6-4-7(20-2)9(8(5-6)21-3)10(13)11(14,15)12(16,17)18/h4-5,10H,1-3H3. The third kappa shape index (κ3) is 3.25. The fourth-order valence-electron chi connectivity index (χ4n) is 1.61. The molecule has 9 heteroatoms. The van der Waals surface area contributed by atoms with Gasteiger partial charge < -0.3 is 14.2 Å². The molecule has 0 N–H and O–H groups in total. The van der Waals surface area contributed by atoms with Gasteiger partial charge in [0.2, 0.25) is 0 Å². The van der Waals surface area contributed by atoms with Gasteiger partial charge in [0.05, 0.1) is 26.9 Å². The van der Waals surface area contributed by atoms with Crippen LogP contribution in [0, 0.1) is 0 Å². The molecule has 1 aromatic rings. The van der Waals surface area contributed by atoms with E-state index in [0.717, 1.165) is 26.4 Å². The Balaban J connectivity index is 3.47. The largest absolute Gasteiger partial charge is 0.496 e. The summed E-state index contributed by atoms with van der Waals surface area (Å²) in [6, 6.07) is 2.28. The van der Waals surface area contributed by atoms with Crippen LogP contribution in [0.15, 0.2) is 12.1 Å². The molecule has 21 heavy (non-hydrogen) atoms. The first-order valence-corrected chi connectivity index (χ1v) is 5.92. The number of ether oxygens (including phenoxy) is 3. The van der Waals surface area contributed by atoms with Gasteiger partial charge in [0.1, 0.15) is 22.6 Å². The topological polar surface area (TPSA) is 27.7 Å². The van der Waals surface area contributed by atoms with E-state index in [1.54, 1.807) is 0 Å². The van der Waals surface area contributed by atoms with Gasteiger partial charge in [-0.15, -0.1) is 11.6 Å². The Labute approximate surface area is 122 Å². The first-order valence-electron chi connectivity index (χ1n) is 5.48. The lowest BCUT2D eigenvalue weighted by Gasteiger charge is -2.27. The van der Waals surface area contributed by atoms with E-state index in [2.05, 4.69) is 0 Å². The summed E-state index contributed by atoms with van der Waals surface area (Å²) in [6.45, 7) is 0. The lowest BCUT2D eigenvalue weighted by molar-refractivity contribution is -0.283. The van der Waals surface area contributed by atoms with Gasteiger partial charge in [-0.2, -0.15) is 22.0 Å². The van der Waals surface area contributed by atoms with Crippen LogP contribution >= 0.6 is 11.6 Å². The average Bonchev–Trinajstić information content (AvgIpc) is 2.43. The van der Waals surface area contributed by atoms with Gasteiger partial charge in [0, 0.05) is 12.1 Å². The molecule has 1 unspecified atom stereocenters. The van der Waals surface area contributed by atoms with Crippen molar-refractivity contribution in [2.45, 2.75) is 17.5 Å². The Morgan fingerprint density at radius 1 is 0.905 bits per heavy atom. The minimum Gasteiger partial charge on any atom is -0.496 e. The monoisotopic (exact) mass is 334 g/mol. The van der Waals surface area contributed by atoms with Crippen LogP contribution in [-0.4, -0.2) is 33.4 Å². The number of halogens is 6. The average molecular weight is 335 g/mol. The van der Waals surface area contributed by atoms with Gasteiger partial charge in [-0.25, -0.2) is 0 Å². The van der Waals surface area contributed by atoms with Crippen LogP contribution in [0.25, 0.3) is 0 Å². The van der Waals surface area contributed by atoms with Gasteiger partial charge in [0.15, 0.2) is 0 Å². The van der Waals surface area contributed by atoms with Crippen LogP contribution in [0.1, 0.15) is 10.9 Å². The number of benzene rings is 1. The molecule has 0 aliphatic carbocycles. The molecule has 0 radical (unpaired) electrons. The van der Waals surface area contributed by atoms with Crippen LogP contribution in [0.5, 0.6) is 17.2 Å². The van der Waals surface area contributed by atoms with E-state index in [1.165, 1.54) is 7.11 Å². The third-order valence-electron chi connectivity index (χ3n) is 2.70. The highest BCUT2D eigenvalue weighted by Crippen LogP contribution is 2.52. The summed E-state index contributed by atoms with van der Waals surface area (Å²) in [5.74, 6) is -5.60. The fraction of sp³-hybridized carbons (Fsp3) is 0.500. The predicted octanol–water partition coefficient (Wildman–Crippen LogP) is 4.19. The highest BCUT2D eigenvalue weighted by Gasteiger charge is 2.63. The van der Waals surface area contributed by atoms with Crippen molar-refractivity contribution in [2.24, 2.45) is 0 Å². The minimum atomic E-state index is -5.81. The number of rotatable bonds is 5. The zero-order valence-corrected chi connectivity index (χ0v) is 12.0. The lowest BCUT2D eigenvalue weighted by atomic mass is 10.0. The normalized spacial score (nSPS) is 13.8. The van der Waals surface area contributed by atoms with Gasteiger partial charge in [-0.1, -0.05) is 0 Å². The van der Waals surface area contributed by atoms with Gasteiger partial charge in [-0.3, -0.25) is 0 Å². The van der Waals surface area contributed by atoms with E-state index < -0.39 is 23.0 Å². The highest BCUT2D eigenvalue weighted by molar-refractivity contribution is 6.22. The van der Waals surface area contributed by atoms with Gasteiger partial charge in [-0.05, 0) is 0 Å². The van der Waals surface area contributed by atoms with E-state index in [9.17, 15) is 22.0 Å². The summed E-state index contributed by atoms with van der Waals surface area (Å²) in [7, 11) is 3.50. The number of methoxy groups -OCH3 is 3. The van der Waals surface area contributed by atoms with Crippen LogP contribution in [0.4, 0.5) is 22.0 Å². The van der Waals surface area contributed by atoms with Crippen LogP contribution < -0.4 is 14.2 Å². The Kier molecular flexibility index (Phi) is 5.14. The van der Waals surface area contributed by atoms with Crippen molar-refractivity contribution >= 4 is 11.6 Å². The molecule has 0 saturated carbocycles. The molecule has 1 rings (SSSR count). The molecular weight excluding hydrogens is 323 g/mol. The van der Waals surface area contributed by atoms with Crippen molar-refractivity contribution in [1.29, 1.82) is 0 Å². The third-order valence-corrected chi connectivity index (χ3v) is 3.20. The van der Waals surface area contributed by atoms with Crippen molar-refractivity contribution in [2.75, 3.05) is 21.3 Å². The van der Waals surface area contributed by atoms with Crippen molar-refractivity contribution in [1.82, 2.24) is 0 Å². The van der Waals surface area contributed by atoms with Crippen molar-refractivity contribution in [3.8, 4) is 17.2 Å². The smallest absolute Gasteiger partial charge is 0.455 e. The predicted molar refractivity (Wildman–Crippen MR) is 65.7 cm³/mol. The summed E-state index contributed by atoms with van der Waals surface area (Å²) in [5.41, 5.74) is -0.607. The summed E-state index contributed by atoms with van der Waals surface area (Å²) in [4.78, 5) is 0. The second-order valence-electron chi connectivity index (χ2n) is 3.93. The summed E-state index contributed by atoms with van der Waals surface area (Å²) in [6.07, 6.45) is -5.81. The molecule has 0 aromatic heterocycles. The molecule has 0 amide bonds. The lowest BCUT2D eigenvalue weighted by Crippen LogP contribution is -2.40. The highest BCUT2D eigenvalue weighted by atomic mass is 35.5. The molecule has 1 atom stereocenters. The van der Waals surface area contributed by atoms with E-state index in [-0.39, 0.29) is 17.2 Å². The Bertz CT molecular complexity index is 479. The molecular formula is C12H12ClF5O3. The molecule has 1 aromatic carbocycles. The van der Waals surface area contributed by atoms with Gasteiger partial charge >= 0.3 is 12.1 Å². The Hall–Kier alpha value is -1.44. The van der Waals surface area contributed by atoms with Crippen molar-refractivity contribution in [3.63, 3.8) is 0 Å². The van der Waals surface area contributed by atoms with Crippen LogP contribution in [0.3, 0.4) is 0 Å². The van der Waals surface area contributed by atoms with Gasteiger partial charge in [0.25, 0.3) is 0 Å². The zero-order chi connectivity index (χ0) is 16.4. The fourth-order valence-corrected chi connectivity index (χ4v) is 1.95. The molecule has 0 fully saturated rings. The maximum absolute atomic E-state index is 13.4. The summed E-state index contributed by atoms with van der Waals surface area (Å²) >= 11 is 5.38. The molecule has 0 bridgehead atoms. The van der Waals surface area contributed by atoms with Crippen molar-refractivity contribution < 1.29 is 36.2 Å². The first kappa shape index (κ1) is 17.6. The first-order chi connectivity index (χ1) is 9.60. The second-order valence-corrected chi connectivity index (χ2v) is 4.37. The molecule has 3 nitrogen and oxygen atoms in total. The maximum Gasteiger partial charge on any atom is 0.455 e. The maximum atomic E-state index is 13.4. The summed E-state index contributed by atoms with van der Waals surface area (Å²) in [5, 5.41) is -2.71. The number of hydrogen-bond donors (Lipinski definition) is 0. The molecule has 0 saturated heterocycles. The Morgan fingerprint density at radius 3 is 1.62 bits per heavy atom. The summed E-state index contributed by atoms with van der Waals surface area (Å²) < 4.78 is 78.7. The molecule has 0 aliphatic heterocycles. The SMILES string of the molecule is COc1cc(OC)c(C(Cl)C(F)(F)C(F)(F)F)c(OC)c1.